The molecule has 0 amide bonds. The molecule has 25 heavy (non-hydrogen) atoms. The molecule has 1 saturated carbocycles. The monoisotopic (exact) mass is 340 g/mol. The highest BCUT2D eigenvalue weighted by atomic mass is 16.4. The maximum atomic E-state index is 10.8. The lowest BCUT2D eigenvalue weighted by atomic mass is 10.0. The molecule has 1 aromatic carbocycles. The zero-order chi connectivity index (χ0) is 17.8. The predicted octanol–water partition coefficient (Wildman–Crippen LogP) is 2.48. The number of nitrogens with zero attached hydrogens (tertiary/aromatic N) is 3. The van der Waals surface area contributed by atoms with E-state index in [-0.39, 0.29) is 0 Å². The molecule has 1 heterocycles. The van der Waals surface area contributed by atoms with Crippen LogP contribution in [0.25, 0.3) is 11.3 Å². The standard InChI is InChI=1S/C19H24N4O2/c1-23(15-4-2-3-5-15)18-12-21-17(11-22-18)14-8-6-13(7-9-14)10-16(20)19(24)25/h6-9,11-12,15-16H,2-5,10,20H2,1H3,(H,24,25)/t16-/m0/s1. The Balaban J connectivity index is 1.68. The smallest absolute Gasteiger partial charge is 0.320 e. The number of nitrogens with two attached hydrogens (primary N) is 1. The first-order chi connectivity index (χ1) is 12.0. The van der Waals surface area contributed by atoms with E-state index >= 15 is 0 Å². The zero-order valence-corrected chi connectivity index (χ0v) is 14.4. The molecule has 0 unspecified atom stereocenters. The first-order valence-corrected chi connectivity index (χ1v) is 8.67. The van der Waals surface area contributed by atoms with Crippen LogP contribution >= 0.6 is 0 Å². The van der Waals surface area contributed by atoms with Crippen LogP contribution in [0.3, 0.4) is 0 Å². The lowest BCUT2D eigenvalue weighted by molar-refractivity contribution is -0.138. The fourth-order valence-electron chi connectivity index (χ4n) is 3.28. The number of carboxylic acids is 1. The van der Waals surface area contributed by atoms with E-state index in [0.29, 0.717) is 12.5 Å². The first-order valence-electron chi connectivity index (χ1n) is 8.67. The van der Waals surface area contributed by atoms with Crippen molar-refractivity contribution in [1.29, 1.82) is 0 Å². The number of hydrogen-bond donors (Lipinski definition) is 2. The molecule has 132 valence electrons. The van der Waals surface area contributed by atoms with Crippen molar-refractivity contribution in [2.24, 2.45) is 5.73 Å². The van der Waals surface area contributed by atoms with E-state index in [4.69, 9.17) is 10.8 Å². The van der Waals surface area contributed by atoms with Crippen molar-refractivity contribution in [3.8, 4) is 11.3 Å². The summed E-state index contributed by atoms with van der Waals surface area (Å²) >= 11 is 0. The molecule has 0 spiro atoms. The molecule has 6 heteroatoms. The van der Waals surface area contributed by atoms with E-state index in [1.807, 2.05) is 30.5 Å². The van der Waals surface area contributed by atoms with Gasteiger partial charge in [0.2, 0.25) is 0 Å². The number of benzene rings is 1. The van der Waals surface area contributed by atoms with Gasteiger partial charge < -0.3 is 15.7 Å². The van der Waals surface area contributed by atoms with Gasteiger partial charge in [-0.25, -0.2) is 4.98 Å². The van der Waals surface area contributed by atoms with Gasteiger partial charge in [-0.2, -0.15) is 0 Å². The minimum atomic E-state index is -0.989. The third-order valence-corrected chi connectivity index (χ3v) is 4.89. The molecule has 6 nitrogen and oxygen atoms in total. The third kappa shape index (κ3) is 4.14. The summed E-state index contributed by atoms with van der Waals surface area (Å²) in [6, 6.07) is 7.31. The summed E-state index contributed by atoms with van der Waals surface area (Å²) in [7, 11) is 2.08. The number of carboxylic acid groups (broad SMARTS) is 1. The summed E-state index contributed by atoms with van der Waals surface area (Å²) in [6.45, 7) is 0. The van der Waals surface area contributed by atoms with Crippen molar-refractivity contribution in [3.63, 3.8) is 0 Å². The van der Waals surface area contributed by atoms with Crippen LogP contribution in [0.1, 0.15) is 31.2 Å². The van der Waals surface area contributed by atoms with E-state index < -0.39 is 12.0 Å². The fraction of sp³-hybridized carbons (Fsp3) is 0.421. The first kappa shape index (κ1) is 17.4. The van der Waals surface area contributed by atoms with Crippen molar-refractivity contribution in [1.82, 2.24) is 9.97 Å². The molecular weight excluding hydrogens is 316 g/mol. The maximum Gasteiger partial charge on any atom is 0.320 e. The van der Waals surface area contributed by atoms with Crippen LogP contribution < -0.4 is 10.6 Å². The summed E-state index contributed by atoms with van der Waals surface area (Å²) in [5.74, 6) is -0.0865. The molecule has 3 rings (SSSR count). The molecule has 0 saturated heterocycles. The van der Waals surface area contributed by atoms with Gasteiger partial charge in [0.05, 0.1) is 18.1 Å². The third-order valence-electron chi connectivity index (χ3n) is 4.89. The lowest BCUT2D eigenvalue weighted by Gasteiger charge is -2.24. The number of carbonyl (C=O) groups is 1. The Kier molecular flexibility index (Phi) is 5.28. The summed E-state index contributed by atoms with van der Waals surface area (Å²) in [5, 5.41) is 8.88. The summed E-state index contributed by atoms with van der Waals surface area (Å²) in [5.41, 5.74) is 8.22. The maximum absolute atomic E-state index is 10.8. The molecule has 1 fully saturated rings. The largest absolute Gasteiger partial charge is 0.480 e. The van der Waals surface area contributed by atoms with E-state index in [2.05, 4.69) is 21.9 Å². The normalized spacial score (nSPS) is 15.9. The Hall–Kier alpha value is -2.47. The number of rotatable bonds is 6. The van der Waals surface area contributed by atoms with Crippen molar-refractivity contribution in [3.05, 3.63) is 42.2 Å². The number of hydrogen-bond acceptors (Lipinski definition) is 5. The van der Waals surface area contributed by atoms with Crippen LogP contribution in [0.2, 0.25) is 0 Å². The predicted molar refractivity (Wildman–Crippen MR) is 97.4 cm³/mol. The zero-order valence-electron chi connectivity index (χ0n) is 14.4. The lowest BCUT2D eigenvalue weighted by Crippen LogP contribution is -2.32. The van der Waals surface area contributed by atoms with Gasteiger partial charge in [-0.3, -0.25) is 9.78 Å². The molecule has 0 bridgehead atoms. The van der Waals surface area contributed by atoms with Crippen molar-refractivity contribution < 1.29 is 9.90 Å². The quantitative estimate of drug-likeness (QED) is 0.839. The summed E-state index contributed by atoms with van der Waals surface area (Å²) in [6.07, 6.45) is 8.95. The van der Waals surface area contributed by atoms with Gasteiger partial charge in [0.25, 0.3) is 0 Å². The molecule has 1 aromatic heterocycles. The highest BCUT2D eigenvalue weighted by molar-refractivity contribution is 5.73. The van der Waals surface area contributed by atoms with Crippen molar-refractivity contribution >= 4 is 11.8 Å². The van der Waals surface area contributed by atoms with E-state index in [1.165, 1.54) is 25.7 Å². The molecule has 1 aliphatic carbocycles. The molecule has 0 radical (unpaired) electrons. The van der Waals surface area contributed by atoms with Crippen LogP contribution in [0.4, 0.5) is 5.82 Å². The SMILES string of the molecule is CN(c1cnc(-c2ccc(C[C@H](N)C(=O)O)cc2)cn1)C1CCCC1. The second kappa shape index (κ2) is 7.61. The Bertz CT molecular complexity index is 709. The Morgan fingerprint density at radius 1 is 1.24 bits per heavy atom. The van der Waals surface area contributed by atoms with Gasteiger partial charge in [-0.15, -0.1) is 0 Å². The van der Waals surface area contributed by atoms with E-state index in [9.17, 15) is 4.79 Å². The Morgan fingerprint density at radius 2 is 1.92 bits per heavy atom. The molecule has 1 aliphatic rings. The van der Waals surface area contributed by atoms with Gasteiger partial charge in [0.1, 0.15) is 11.9 Å². The average Bonchev–Trinajstić information content (AvgIpc) is 3.16. The van der Waals surface area contributed by atoms with Gasteiger partial charge in [0.15, 0.2) is 0 Å². The van der Waals surface area contributed by atoms with Gasteiger partial charge in [-0.1, -0.05) is 37.1 Å². The van der Waals surface area contributed by atoms with Crippen LogP contribution in [-0.2, 0) is 11.2 Å². The summed E-state index contributed by atoms with van der Waals surface area (Å²) < 4.78 is 0. The van der Waals surface area contributed by atoms with Crippen LogP contribution in [0.5, 0.6) is 0 Å². The number of anilines is 1. The Morgan fingerprint density at radius 3 is 2.48 bits per heavy atom. The number of aliphatic carboxylic acids is 1. The average molecular weight is 340 g/mol. The second-order valence-electron chi connectivity index (χ2n) is 6.65. The highest BCUT2D eigenvalue weighted by Crippen LogP contribution is 2.26. The topological polar surface area (TPSA) is 92.3 Å². The number of aromatic nitrogens is 2. The molecular formula is C19H24N4O2. The van der Waals surface area contributed by atoms with Crippen LogP contribution in [-0.4, -0.2) is 40.2 Å². The minimum Gasteiger partial charge on any atom is -0.480 e. The summed E-state index contributed by atoms with van der Waals surface area (Å²) in [4.78, 5) is 22.1. The van der Waals surface area contributed by atoms with Gasteiger partial charge in [0, 0.05) is 18.7 Å². The molecule has 1 atom stereocenters. The van der Waals surface area contributed by atoms with E-state index in [1.54, 1.807) is 6.20 Å². The Labute approximate surface area is 147 Å². The van der Waals surface area contributed by atoms with Crippen molar-refractivity contribution in [2.75, 3.05) is 11.9 Å². The van der Waals surface area contributed by atoms with E-state index in [0.717, 1.165) is 22.6 Å². The minimum absolute atomic E-state index is 0.312. The highest BCUT2D eigenvalue weighted by Gasteiger charge is 2.20. The fourth-order valence-corrected chi connectivity index (χ4v) is 3.28. The molecule has 2 aromatic rings. The second-order valence-corrected chi connectivity index (χ2v) is 6.65. The van der Waals surface area contributed by atoms with Crippen molar-refractivity contribution in [2.45, 2.75) is 44.2 Å². The van der Waals surface area contributed by atoms with Crippen LogP contribution in [0, 0.1) is 0 Å². The van der Waals surface area contributed by atoms with Gasteiger partial charge in [-0.05, 0) is 24.8 Å². The van der Waals surface area contributed by atoms with Crippen LogP contribution in [0.15, 0.2) is 36.7 Å². The molecule has 3 N–H and O–H groups in total. The molecule has 0 aliphatic heterocycles. The van der Waals surface area contributed by atoms with Gasteiger partial charge >= 0.3 is 5.97 Å².